The lowest BCUT2D eigenvalue weighted by Gasteiger charge is -2.15. The molecule has 0 N–H and O–H groups in total. The first-order chi connectivity index (χ1) is 12.3. The zero-order chi connectivity index (χ0) is 19.5. The van der Waals surface area contributed by atoms with E-state index in [2.05, 4.69) is 20.9 Å². The average molecular weight is 428 g/mol. The van der Waals surface area contributed by atoms with Crippen LogP contribution < -0.4 is 0 Å². The molecule has 0 spiro atoms. The molecular weight excluding hydrogens is 406 g/mol. The Kier molecular flexibility index (Phi) is 9.72. The highest BCUT2D eigenvalue weighted by molar-refractivity contribution is 9.10. The lowest BCUT2D eigenvalue weighted by molar-refractivity contribution is -0.146. The molecule has 26 heavy (non-hydrogen) atoms. The topological polar surface area (TPSA) is 99.6 Å². The Morgan fingerprint density at radius 2 is 1.88 bits per heavy atom. The zero-order valence-corrected chi connectivity index (χ0v) is 16.4. The third-order valence-corrected chi connectivity index (χ3v) is 3.97. The van der Waals surface area contributed by atoms with E-state index in [9.17, 15) is 19.2 Å². The van der Waals surface area contributed by atoms with Crippen molar-refractivity contribution in [1.82, 2.24) is 4.98 Å². The lowest BCUT2D eigenvalue weighted by atomic mass is 9.89. The molecule has 1 atom stereocenters. The summed E-state index contributed by atoms with van der Waals surface area (Å²) in [5.41, 5.74) is 0.297. The van der Waals surface area contributed by atoms with Crippen molar-refractivity contribution in [1.29, 1.82) is 0 Å². The van der Waals surface area contributed by atoms with Crippen molar-refractivity contribution in [2.45, 2.75) is 39.5 Å². The minimum Gasteiger partial charge on any atom is -0.466 e. The van der Waals surface area contributed by atoms with Gasteiger partial charge in [0.25, 0.3) is 0 Å². The van der Waals surface area contributed by atoms with Crippen LogP contribution in [0.15, 0.2) is 22.9 Å². The van der Waals surface area contributed by atoms with Gasteiger partial charge >= 0.3 is 11.9 Å². The van der Waals surface area contributed by atoms with Gasteiger partial charge in [0, 0.05) is 35.8 Å². The van der Waals surface area contributed by atoms with Crippen LogP contribution in [0.4, 0.5) is 0 Å². The molecule has 0 fully saturated rings. The van der Waals surface area contributed by atoms with E-state index < -0.39 is 24.3 Å². The number of carbonyl (C=O) groups is 4. The van der Waals surface area contributed by atoms with E-state index in [4.69, 9.17) is 9.47 Å². The molecule has 1 heterocycles. The number of halogens is 1. The number of aromatic nitrogens is 1. The number of pyridine rings is 1. The van der Waals surface area contributed by atoms with E-state index in [1.165, 1.54) is 19.3 Å². The number of carbonyl (C=O) groups excluding carboxylic acids is 4. The predicted molar refractivity (Wildman–Crippen MR) is 96.5 cm³/mol. The van der Waals surface area contributed by atoms with Gasteiger partial charge in [0.15, 0.2) is 18.2 Å². The highest BCUT2D eigenvalue weighted by Crippen LogP contribution is 2.20. The van der Waals surface area contributed by atoms with E-state index in [0.29, 0.717) is 29.5 Å². The summed E-state index contributed by atoms with van der Waals surface area (Å²) in [7, 11) is 0. The fourth-order valence-corrected chi connectivity index (χ4v) is 2.68. The SMILES string of the molecule is CCOC(=O)CCCCC(C(=O)COC(C)=O)C(=O)c1cncc(Br)c1. The van der Waals surface area contributed by atoms with Gasteiger partial charge in [-0.2, -0.15) is 0 Å². The van der Waals surface area contributed by atoms with E-state index in [-0.39, 0.29) is 24.6 Å². The average Bonchev–Trinajstić information content (AvgIpc) is 2.59. The van der Waals surface area contributed by atoms with Crippen molar-refractivity contribution in [3.63, 3.8) is 0 Å². The van der Waals surface area contributed by atoms with E-state index in [0.717, 1.165) is 0 Å². The largest absolute Gasteiger partial charge is 0.466 e. The van der Waals surface area contributed by atoms with Crippen molar-refractivity contribution in [3.05, 3.63) is 28.5 Å². The normalized spacial score (nSPS) is 11.5. The molecule has 0 bridgehead atoms. The second kappa shape index (κ2) is 11.5. The molecule has 0 radical (unpaired) electrons. The van der Waals surface area contributed by atoms with E-state index >= 15 is 0 Å². The first-order valence-corrected chi connectivity index (χ1v) is 9.10. The van der Waals surface area contributed by atoms with Gasteiger partial charge in [-0.15, -0.1) is 0 Å². The zero-order valence-electron chi connectivity index (χ0n) is 14.8. The summed E-state index contributed by atoms with van der Waals surface area (Å²) in [6.45, 7) is 2.79. The molecule has 1 rings (SSSR count). The smallest absolute Gasteiger partial charge is 0.305 e. The molecule has 7 nitrogen and oxygen atoms in total. The third-order valence-electron chi connectivity index (χ3n) is 3.54. The van der Waals surface area contributed by atoms with Crippen LogP contribution in [0, 0.1) is 5.92 Å². The van der Waals surface area contributed by atoms with Gasteiger partial charge in [0.1, 0.15) is 0 Å². The van der Waals surface area contributed by atoms with Crippen LogP contribution >= 0.6 is 15.9 Å². The molecular formula is C18H22BrNO6. The van der Waals surface area contributed by atoms with Crippen LogP contribution in [0.3, 0.4) is 0 Å². The molecule has 0 aliphatic heterocycles. The molecule has 1 aromatic rings. The highest BCUT2D eigenvalue weighted by atomic mass is 79.9. The maximum absolute atomic E-state index is 12.7. The van der Waals surface area contributed by atoms with E-state index in [1.54, 1.807) is 13.0 Å². The highest BCUT2D eigenvalue weighted by Gasteiger charge is 2.28. The Hall–Kier alpha value is -2.09. The number of unbranched alkanes of at least 4 members (excludes halogenated alkanes) is 1. The first kappa shape index (κ1) is 22.0. The molecule has 1 aromatic heterocycles. The second-order valence-electron chi connectivity index (χ2n) is 5.61. The van der Waals surface area contributed by atoms with Crippen LogP contribution in [-0.2, 0) is 23.9 Å². The van der Waals surface area contributed by atoms with Gasteiger partial charge in [-0.25, -0.2) is 0 Å². The monoisotopic (exact) mass is 427 g/mol. The summed E-state index contributed by atoms with van der Waals surface area (Å²) >= 11 is 3.24. The number of esters is 2. The number of Topliss-reactive ketones (excluding diaryl/α,β-unsaturated/α-hetero) is 2. The molecule has 0 aliphatic rings. The van der Waals surface area contributed by atoms with Gasteiger partial charge in [0.2, 0.25) is 0 Å². The molecule has 8 heteroatoms. The van der Waals surface area contributed by atoms with Gasteiger partial charge in [-0.1, -0.05) is 6.42 Å². The van der Waals surface area contributed by atoms with Gasteiger partial charge in [-0.3, -0.25) is 24.2 Å². The number of hydrogen-bond acceptors (Lipinski definition) is 7. The van der Waals surface area contributed by atoms with Crippen LogP contribution in [0.2, 0.25) is 0 Å². The number of ether oxygens (including phenoxy) is 2. The molecule has 0 saturated carbocycles. The minimum atomic E-state index is -0.951. The molecule has 1 unspecified atom stereocenters. The molecule has 142 valence electrons. The number of ketones is 2. The quantitative estimate of drug-likeness (QED) is 0.231. The molecule has 0 aromatic carbocycles. The summed E-state index contributed by atoms with van der Waals surface area (Å²) in [6.07, 6.45) is 4.39. The van der Waals surface area contributed by atoms with Crippen molar-refractivity contribution in [2.24, 2.45) is 5.92 Å². The fraction of sp³-hybridized carbons (Fsp3) is 0.500. The summed E-state index contributed by atoms with van der Waals surface area (Å²) in [4.78, 5) is 51.3. The van der Waals surface area contributed by atoms with Crippen molar-refractivity contribution in [3.8, 4) is 0 Å². The molecule has 0 saturated heterocycles. The van der Waals surface area contributed by atoms with Crippen molar-refractivity contribution >= 4 is 39.4 Å². The van der Waals surface area contributed by atoms with Crippen LogP contribution in [0.25, 0.3) is 0 Å². The third kappa shape index (κ3) is 7.86. The summed E-state index contributed by atoms with van der Waals surface area (Å²) < 4.78 is 10.2. The Bertz CT molecular complexity index is 661. The van der Waals surface area contributed by atoms with Crippen LogP contribution in [0.1, 0.15) is 49.9 Å². The molecule has 0 aliphatic carbocycles. The summed E-state index contributed by atoms with van der Waals surface area (Å²) in [5, 5.41) is 0. The molecule has 0 amide bonds. The standard InChI is InChI=1S/C18H22BrNO6/c1-3-25-17(23)7-5-4-6-15(16(22)11-26-12(2)21)18(24)13-8-14(19)10-20-9-13/h8-10,15H,3-7,11H2,1-2H3. The van der Waals surface area contributed by atoms with E-state index in [1.807, 2.05) is 0 Å². The minimum absolute atomic E-state index is 0.228. The fourth-order valence-electron chi connectivity index (χ4n) is 2.31. The first-order valence-electron chi connectivity index (χ1n) is 8.31. The van der Waals surface area contributed by atoms with Crippen LogP contribution in [0.5, 0.6) is 0 Å². The van der Waals surface area contributed by atoms with Gasteiger partial charge in [-0.05, 0) is 41.8 Å². The maximum atomic E-state index is 12.7. The van der Waals surface area contributed by atoms with Gasteiger partial charge < -0.3 is 9.47 Å². The predicted octanol–water partition coefficient (Wildman–Crippen LogP) is 2.90. The Morgan fingerprint density at radius 3 is 2.50 bits per heavy atom. The Balaban J connectivity index is 2.75. The lowest BCUT2D eigenvalue weighted by Crippen LogP contribution is -2.28. The Morgan fingerprint density at radius 1 is 1.15 bits per heavy atom. The van der Waals surface area contributed by atoms with Crippen molar-refractivity contribution in [2.75, 3.05) is 13.2 Å². The van der Waals surface area contributed by atoms with Crippen molar-refractivity contribution < 1.29 is 28.7 Å². The number of hydrogen-bond donors (Lipinski definition) is 0. The second-order valence-corrected chi connectivity index (χ2v) is 6.52. The number of rotatable bonds is 11. The summed E-state index contributed by atoms with van der Waals surface area (Å²) in [6, 6.07) is 1.58. The maximum Gasteiger partial charge on any atom is 0.305 e. The Labute approximate surface area is 160 Å². The van der Waals surface area contributed by atoms with Crippen LogP contribution in [-0.4, -0.2) is 41.7 Å². The number of nitrogens with zero attached hydrogens (tertiary/aromatic N) is 1. The summed E-state index contributed by atoms with van der Waals surface area (Å²) in [5.74, 6) is -2.70. The van der Waals surface area contributed by atoms with Gasteiger partial charge in [0.05, 0.1) is 12.5 Å².